The van der Waals surface area contributed by atoms with Crippen LogP contribution in [0.4, 0.5) is 5.69 Å². The number of carbonyl (C=O) groups is 1. The molecule has 0 aliphatic carbocycles. The van der Waals surface area contributed by atoms with Crippen molar-refractivity contribution >= 4 is 35.8 Å². The zero-order valence-electron chi connectivity index (χ0n) is 12.8. The Morgan fingerprint density at radius 3 is 2.52 bits per heavy atom. The number of nitrogens with two attached hydrogens (primary N) is 1. The largest absolute Gasteiger partial charge is 0.491 e. The molecule has 4 nitrogen and oxygen atoms in total. The van der Waals surface area contributed by atoms with Gasteiger partial charge in [-0.3, -0.25) is 4.79 Å². The van der Waals surface area contributed by atoms with E-state index in [2.05, 4.69) is 12.2 Å². The second-order valence-corrected chi connectivity index (χ2v) is 5.72. The van der Waals surface area contributed by atoms with Crippen molar-refractivity contribution in [3.63, 3.8) is 0 Å². The summed E-state index contributed by atoms with van der Waals surface area (Å²) in [6.45, 7) is 4.11. The summed E-state index contributed by atoms with van der Waals surface area (Å²) in [5.74, 6) is 1.55. The van der Waals surface area contributed by atoms with Crippen LogP contribution in [-0.2, 0) is 4.79 Å². The van der Waals surface area contributed by atoms with Gasteiger partial charge in [0.2, 0.25) is 5.91 Å². The van der Waals surface area contributed by atoms with Gasteiger partial charge in [-0.2, -0.15) is 11.8 Å². The second kappa shape index (κ2) is 10.8. The summed E-state index contributed by atoms with van der Waals surface area (Å²) in [4.78, 5) is 11.9. The lowest BCUT2D eigenvalue weighted by Gasteiger charge is -2.14. The SMILES string of the molecule is CCC(C)Oc1ccc(NC(=O)[C@@H](N)CCSC)cc1.Cl. The minimum Gasteiger partial charge on any atom is -0.491 e. The van der Waals surface area contributed by atoms with E-state index in [0.717, 1.165) is 23.6 Å². The van der Waals surface area contributed by atoms with E-state index in [4.69, 9.17) is 10.5 Å². The monoisotopic (exact) mass is 332 g/mol. The van der Waals surface area contributed by atoms with E-state index in [1.807, 2.05) is 37.4 Å². The molecule has 1 unspecified atom stereocenters. The third-order valence-electron chi connectivity index (χ3n) is 3.00. The van der Waals surface area contributed by atoms with Crippen LogP contribution in [0.3, 0.4) is 0 Å². The number of benzene rings is 1. The molecule has 0 radical (unpaired) electrons. The number of ether oxygens (including phenoxy) is 1. The first kappa shape index (κ1) is 20.1. The number of anilines is 1. The van der Waals surface area contributed by atoms with Crippen molar-refractivity contribution in [1.29, 1.82) is 0 Å². The van der Waals surface area contributed by atoms with Crippen LogP contribution in [0.25, 0.3) is 0 Å². The Hall–Kier alpha value is -0.910. The Bertz CT molecular complexity index is 415. The van der Waals surface area contributed by atoms with Gasteiger partial charge in [-0.25, -0.2) is 0 Å². The van der Waals surface area contributed by atoms with Crippen LogP contribution in [0.5, 0.6) is 5.75 Å². The molecule has 0 heterocycles. The van der Waals surface area contributed by atoms with Crippen LogP contribution < -0.4 is 15.8 Å². The predicted molar refractivity (Wildman–Crippen MR) is 93.7 cm³/mol. The number of hydrogen-bond donors (Lipinski definition) is 2. The van der Waals surface area contributed by atoms with Gasteiger partial charge in [0.1, 0.15) is 5.75 Å². The molecule has 0 spiro atoms. The van der Waals surface area contributed by atoms with Gasteiger partial charge in [-0.1, -0.05) is 6.92 Å². The number of nitrogens with one attached hydrogen (secondary N) is 1. The quantitative estimate of drug-likeness (QED) is 0.766. The zero-order valence-corrected chi connectivity index (χ0v) is 14.4. The minimum atomic E-state index is -0.460. The van der Waals surface area contributed by atoms with Crippen LogP contribution >= 0.6 is 24.2 Å². The summed E-state index contributed by atoms with van der Waals surface area (Å²) >= 11 is 1.69. The highest BCUT2D eigenvalue weighted by Crippen LogP contribution is 2.17. The summed E-state index contributed by atoms with van der Waals surface area (Å²) < 4.78 is 5.68. The molecule has 1 aromatic rings. The summed E-state index contributed by atoms with van der Waals surface area (Å²) in [5, 5.41) is 2.82. The lowest BCUT2D eigenvalue weighted by molar-refractivity contribution is -0.117. The van der Waals surface area contributed by atoms with Crippen molar-refractivity contribution in [2.45, 2.75) is 38.8 Å². The van der Waals surface area contributed by atoms with E-state index < -0.39 is 6.04 Å². The standard InChI is InChI=1S/C15H24N2O2S.ClH/c1-4-11(2)19-13-7-5-12(6-8-13)17-15(18)14(16)9-10-20-3;/h5-8,11,14H,4,9-10,16H2,1-3H3,(H,17,18);1H/t11?,14-;/m0./s1. The number of carbonyl (C=O) groups excluding carboxylic acids is 1. The Morgan fingerprint density at radius 1 is 1.38 bits per heavy atom. The van der Waals surface area contributed by atoms with Crippen LogP contribution in [-0.4, -0.2) is 30.1 Å². The van der Waals surface area contributed by atoms with Gasteiger partial charge < -0.3 is 15.8 Å². The van der Waals surface area contributed by atoms with Crippen molar-refractivity contribution in [2.75, 3.05) is 17.3 Å². The average Bonchev–Trinajstić information content (AvgIpc) is 2.46. The van der Waals surface area contributed by atoms with Crippen LogP contribution in [0, 0.1) is 0 Å². The number of amides is 1. The first-order chi connectivity index (χ1) is 9.56. The lowest BCUT2D eigenvalue weighted by Crippen LogP contribution is -2.36. The molecule has 0 bridgehead atoms. The van der Waals surface area contributed by atoms with E-state index in [1.54, 1.807) is 11.8 Å². The molecule has 1 amide bonds. The molecule has 6 heteroatoms. The Balaban J connectivity index is 0.00000400. The van der Waals surface area contributed by atoms with Crippen LogP contribution in [0.2, 0.25) is 0 Å². The highest BCUT2D eigenvalue weighted by molar-refractivity contribution is 7.98. The van der Waals surface area contributed by atoms with E-state index in [1.165, 1.54) is 0 Å². The van der Waals surface area contributed by atoms with E-state index in [0.29, 0.717) is 6.42 Å². The fourth-order valence-electron chi connectivity index (χ4n) is 1.54. The lowest BCUT2D eigenvalue weighted by atomic mass is 10.2. The highest BCUT2D eigenvalue weighted by Gasteiger charge is 2.12. The molecule has 0 saturated heterocycles. The van der Waals surface area contributed by atoms with Crippen molar-refractivity contribution in [3.8, 4) is 5.75 Å². The molecule has 0 aromatic heterocycles. The molecule has 1 rings (SSSR count). The minimum absolute atomic E-state index is 0. The molecular weight excluding hydrogens is 308 g/mol. The van der Waals surface area contributed by atoms with Crippen molar-refractivity contribution in [1.82, 2.24) is 0 Å². The Labute approximate surface area is 137 Å². The van der Waals surface area contributed by atoms with E-state index in [9.17, 15) is 4.79 Å². The Kier molecular flexibility index (Phi) is 10.3. The maximum Gasteiger partial charge on any atom is 0.241 e. The molecule has 0 saturated carbocycles. The molecule has 0 aliphatic rings. The maximum absolute atomic E-state index is 11.9. The molecule has 0 aliphatic heterocycles. The van der Waals surface area contributed by atoms with Gasteiger partial charge in [0.15, 0.2) is 0 Å². The topological polar surface area (TPSA) is 64.3 Å². The summed E-state index contributed by atoms with van der Waals surface area (Å²) in [6.07, 6.45) is 3.83. The molecule has 1 aromatic carbocycles. The molecule has 21 heavy (non-hydrogen) atoms. The number of halogens is 1. The van der Waals surface area contributed by atoms with Gasteiger partial charge in [-0.15, -0.1) is 12.4 Å². The fraction of sp³-hybridized carbons (Fsp3) is 0.533. The maximum atomic E-state index is 11.9. The van der Waals surface area contributed by atoms with Crippen LogP contribution in [0.15, 0.2) is 24.3 Å². The molecule has 120 valence electrons. The summed E-state index contributed by atoms with van der Waals surface area (Å²) in [7, 11) is 0. The first-order valence-electron chi connectivity index (χ1n) is 6.89. The predicted octanol–water partition coefficient (Wildman–Crippen LogP) is 3.30. The zero-order chi connectivity index (χ0) is 15.0. The average molecular weight is 333 g/mol. The molecule has 3 N–H and O–H groups in total. The fourth-order valence-corrected chi connectivity index (χ4v) is 2.03. The summed E-state index contributed by atoms with van der Waals surface area (Å²) in [6, 6.07) is 6.91. The van der Waals surface area contributed by atoms with Gasteiger partial charge >= 0.3 is 0 Å². The smallest absolute Gasteiger partial charge is 0.241 e. The molecule has 2 atom stereocenters. The van der Waals surface area contributed by atoms with Crippen molar-refractivity contribution < 1.29 is 9.53 Å². The third kappa shape index (κ3) is 7.60. The second-order valence-electron chi connectivity index (χ2n) is 4.74. The van der Waals surface area contributed by atoms with Gasteiger partial charge in [0, 0.05) is 5.69 Å². The van der Waals surface area contributed by atoms with E-state index in [-0.39, 0.29) is 24.4 Å². The van der Waals surface area contributed by atoms with Gasteiger partial charge in [0.25, 0.3) is 0 Å². The first-order valence-corrected chi connectivity index (χ1v) is 8.28. The number of rotatable bonds is 8. The molecule has 0 fully saturated rings. The normalized spacial score (nSPS) is 13.0. The number of thioether (sulfide) groups is 1. The molecular formula is C15H25ClN2O2S. The summed E-state index contributed by atoms with van der Waals surface area (Å²) in [5.41, 5.74) is 6.56. The van der Waals surface area contributed by atoms with Crippen molar-refractivity contribution in [3.05, 3.63) is 24.3 Å². The highest BCUT2D eigenvalue weighted by atomic mass is 35.5. The van der Waals surface area contributed by atoms with Gasteiger partial charge in [0.05, 0.1) is 12.1 Å². The Morgan fingerprint density at radius 2 is 2.00 bits per heavy atom. The van der Waals surface area contributed by atoms with E-state index >= 15 is 0 Å². The van der Waals surface area contributed by atoms with Gasteiger partial charge in [-0.05, 0) is 56.0 Å². The number of hydrogen-bond acceptors (Lipinski definition) is 4. The third-order valence-corrected chi connectivity index (χ3v) is 3.65. The van der Waals surface area contributed by atoms with Crippen molar-refractivity contribution in [2.24, 2.45) is 5.73 Å². The van der Waals surface area contributed by atoms with Crippen LogP contribution in [0.1, 0.15) is 26.7 Å².